The molecule has 0 N–H and O–H groups in total. The van der Waals surface area contributed by atoms with Gasteiger partial charge in [-0.15, -0.1) is 0 Å². The fourth-order valence-electron chi connectivity index (χ4n) is 1.58. The van der Waals surface area contributed by atoms with Crippen LogP contribution in [-0.4, -0.2) is 15.9 Å². The third-order valence-corrected chi connectivity index (χ3v) is 4.65. The van der Waals surface area contributed by atoms with E-state index in [4.69, 9.17) is 13.3 Å². The van der Waals surface area contributed by atoms with E-state index in [0.29, 0.717) is 11.5 Å². The molecular weight excluding hydrogens is 256 g/mol. The largest absolute Gasteiger partial charge is 0.660 e. The zero-order valence-corrected chi connectivity index (χ0v) is 11.8. The van der Waals surface area contributed by atoms with E-state index in [2.05, 4.69) is 6.58 Å². The Balaban J connectivity index is 2.20. The number of rotatable bonds is 6. The van der Waals surface area contributed by atoms with Crippen molar-refractivity contribution in [2.75, 3.05) is 7.11 Å². The van der Waals surface area contributed by atoms with Gasteiger partial charge in [-0.2, -0.15) is 0 Å². The van der Waals surface area contributed by atoms with E-state index in [0.717, 1.165) is 0 Å². The number of benzene rings is 2. The summed E-state index contributed by atoms with van der Waals surface area (Å²) in [6.45, 7) is 3.78. The smallest absolute Gasteiger partial charge is 0.489 e. The highest BCUT2D eigenvalue weighted by Crippen LogP contribution is 2.21. The summed E-state index contributed by atoms with van der Waals surface area (Å²) >= 11 is 0. The molecule has 0 saturated carbocycles. The van der Waals surface area contributed by atoms with Gasteiger partial charge >= 0.3 is 8.80 Å². The molecule has 98 valence electrons. The molecule has 0 radical (unpaired) electrons. The SMILES string of the molecule is C=C[Si](OC)(Oc1ccccc1)Oc1ccccc1. The van der Waals surface area contributed by atoms with Crippen molar-refractivity contribution in [2.24, 2.45) is 0 Å². The minimum Gasteiger partial charge on any atom is -0.489 e. The van der Waals surface area contributed by atoms with Crippen molar-refractivity contribution in [3.05, 3.63) is 72.9 Å². The van der Waals surface area contributed by atoms with Gasteiger partial charge in [0, 0.05) is 12.8 Å². The van der Waals surface area contributed by atoms with Crippen molar-refractivity contribution in [1.82, 2.24) is 0 Å². The second kappa shape index (κ2) is 6.22. The van der Waals surface area contributed by atoms with Gasteiger partial charge < -0.3 is 13.3 Å². The number of hydrogen-bond donors (Lipinski definition) is 0. The summed E-state index contributed by atoms with van der Waals surface area (Å²) in [6, 6.07) is 18.9. The first kappa shape index (κ1) is 13.4. The van der Waals surface area contributed by atoms with Crippen LogP contribution < -0.4 is 8.85 Å². The summed E-state index contributed by atoms with van der Waals surface area (Å²) in [6.07, 6.45) is 0. The van der Waals surface area contributed by atoms with E-state index in [1.165, 1.54) is 0 Å². The third-order valence-electron chi connectivity index (χ3n) is 2.54. The molecule has 0 aliphatic carbocycles. The first-order valence-electron chi connectivity index (χ1n) is 5.95. The molecule has 2 aromatic rings. The molecule has 4 heteroatoms. The Kier molecular flexibility index (Phi) is 4.38. The van der Waals surface area contributed by atoms with E-state index in [9.17, 15) is 0 Å². The lowest BCUT2D eigenvalue weighted by Gasteiger charge is -2.25. The zero-order chi connectivity index (χ0) is 13.6. The lowest BCUT2D eigenvalue weighted by Crippen LogP contribution is -2.49. The highest BCUT2D eigenvalue weighted by atomic mass is 28.4. The standard InChI is InChI=1S/C15H16O3Si/c1-3-19(16-2,17-14-10-6-4-7-11-14)18-15-12-8-5-9-13-15/h3-13H,1H2,2H3. The molecule has 0 unspecified atom stereocenters. The van der Waals surface area contributed by atoms with Crippen LogP contribution in [0.4, 0.5) is 0 Å². The summed E-state index contributed by atoms with van der Waals surface area (Å²) in [5.74, 6) is 1.40. The van der Waals surface area contributed by atoms with Gasteiger partial charge in [0.1, 0.15) is 11.5 Å². The van der Waals surface area contributed by atoms with E-state index in [1.807, 2.05) is 60.7 Å². The maximum atomic E-state index is 5.88. The lowest BCUT2D eigenvalue weighted by atomic mass is 10.3. The molecule has 0 aromatic heterocycles. The van der Waals surface area contributed by atoms with Crippen molar-refractivity contribution < 1.29 is 13.3 Å². The van der Waals surface area contributed by atoms with Crippen LogP contribution in [0.1, 0.15) is 0 Å². The first-order valence-corrected chi connectivity index (χ1v) is 7.75. The van der Waals surface area contributed by atoms with Gasteiger partial charge in [-0.25, -0.2) is 0 Å². The molecule has 0 heterocycles. The molecule has 2 rings (SSSR count). The fourth-order valence-corrected chi connectivity index (χ4v) is 3.05. The van der Waals surface area contributed by atoms with Crippen LogP contribution in [0.3, 0.4) is 0 Å². The Morgan fingerprint density at radius 3 is 1.58 bits per heavy atom. The molecule has 0 saturated heterocycles. The second-order valence-electron chi connectivity index (χ2n) is 3.84. The van der Waals surface area contributed by atoms with Crippen LogP contribution >= 0.6 is 0 Å². The van der Waals surface area contributed by atoms with E-state index < -0.39 is 8.80 Å². The maximum absolute atomic E-state index is 5.88. The van der Waals surface area contributed by atoms with Crippen LogP contribution in [0.5, 0.6) is 11.5 Å². The Hall–Kier alpha value is -2.04. The van der Waals surface area contributed by atoms with Crippen LogP contribution in [0.15, 0.2) is 72.9 Å². The van der Waals surface area contributed by atoms with E-state index in [1.54, 1.807) is 12.8 Å². The zero-order valence-electron chi connectivity index (χ0n) is 10.8. The highest BCUT2D eigenvalue weighted by molar-refractivity contribution is 6.67. The van der Waals surface area contributed by atoms with Crippen molar-refractivity contribution in [3.63, 3.8) is 0 Å². The van der Waals surface area contributed by atoms with Crippen LogP contribution in [0, 0.1) is 0 Å². The Morgan fingerprint density at radius 2 is 1.26 bits per heavy atom. The predicted molar refractivity (Wildman–Crippen MR) is 77.1 cm³/mol. The molecule has 0 aliphatic heterocycles. The van der Waals surface area contributed by atoms with Crippen molar-refractivity contribution >= 4 is 8.80 Å². The van der Waals surface area contributed by atoms with Gasteiger partial charge in [0.05, 0.1) is 0 Å². The maximum Gasteiger partial charge on any atom is 0.660 e. The van der Waals surface area contributed by atoms with Gasteiger partial charge in [0.15, 0.2) is 0 Å². The van der Waals surface area contributed by atoms with Gasteiger partial charge in [0.25, 0.3) is 0 Å². The molecule has 0 spiro atoms. The summed E-state index contributed by atoms with van der Waals surface area (Å²) in [7, 11) is -1.39. The summed E-state index contributed by atoms with van der Waals surface area (Å²) < 4.78 is 17.2. The number of para-hydroxylation sites is 2. The molecule has 0 bridgehead atoms. The lowest BCUT2D eigenvalue weighted by molar-refractivity contribution is 0.221. The summed E-state index contributed by atoms with van der Waals surface area (Å²) in [5, 5.41) is 0. The van der Waals surface area contributed by atoms with Crippen LogP contribution in [0.2, 0.25) is 0 Å². The highest BCUT2D eigenvalue weighted by Gasteiger charge is 2.42. The topological polar surface area (TPSA) is 27.7 Å². The van der Waals surface area contributed by atoms with Gasteiger partial charge in [-0.3, -0.25) is 0 Å². The molecule has 0 aliphatic rings. The minimum atomic E-state index is -2.96. The fraction of sp³-hybridized carbons (Fsp3) is 0.0667. The predicted octanol–water partition coefficient (Wildman–Crippen LogP) is 3.45. The average Bonchev–Trinajstić information content (AvgIpc) is 2.48. The average molecular weight is 272 g/mol. The van der Waals surface area contributed by atoms with Crippen molar-refractivity contribution in [1.29, 1.82) is 0 Å². The third kappa shape index (κ3) is 3.46. The second-order valence-corrected chi connectivity index (χ2v) is 6.27. The Morgan fingerprint density at radius 1 is 0.842 bits per heavy atom. The molecule has 0 amide bonds. The molecule has 0 fully saturated rings. The molecular formula is C15H16O3Si. The number of hydrogen-bond acceptors (Lipinski definition) is 3. The van der Waals surface area contributed by atoms with Crippen molar-refractivity contribution in [3.8, 4) is 11.5 Å². The molecule has 3 nitrogen and oxygen atoms in total. The van der Waals surface area contributed by atoms with Gasteiger partial charge in [-0.05, 0) is 24.3 Å². The molecule has 19 heavy (non-hydrogen) atoms. The first-order chi connectivity index (χ1) is 9.28. The molecule has 2 aromatic carbocycles. The quantitative estimate of drug-likeness (QED) is 0.754. The van der Waals surface area contributed by atoms with Crippen molar-refractivity contribution in [2.45, 2.75) is 0 Å². The Labute approximate surface area is 114 Å². The van der Waals surface area contributed by atoms with Crippen LogP contribution in [0.25, 0.3) is 0 Å². The van der Waals surface area contributed by atoms with E-state index >= 15 is 0 Å². The Bertz CT molecular complexity index is 472. The van der Waals surface area contributed by atoms with E-state index in [-0.39, 0.29) is 0 Å². The minimum absolute atomic E-state index is 0.701. The molecule has 0 atom stereocenters. The normalized spacial score (nSPS) is 10.8. The van der Waals surface area contributed by atoms with Gasteiger partial charge in [-0.1, -0.05) is 43.0 Å². The monoisotopic (exact) mass is 272 g/mol. The summed E-state index contributed by atoms with van der Waals surface area (Å²) in [4.78, 5) is 0. The summed E-state index contributed by atoms with van der Waals surface area (Å²) in [5.41, 5.74) is 1.62. The van der Waals surface area contributed by atoms with Gasteiger partial charge in [0.2, 0.25) is 0 Å². The van der Waals surface area contributed by atoms with Crippen LogP contribution in [-0.2, 0) is 4.43 Å².